The molecule has 0 aliphatic heterocycles. The third-order valence-electron chi connectivity index (χ3n) is 6.89. The van der Waals surface area contributed by atoms with Crippen molar-refractivity contribution in [2.75, 3.05) is 0 Å². The second-order valence-electron chi connectivity index (χ2n) is 10.6. The van der Waals surface area contributed by atoms with E-state index in [9.17, 15) is 19.2 Å². The molecule has 0 heterocycles. The van der Waals surface area contributed by atoms with E-state index >= 15 is 0 Å². The zero-order valence-electron chi connectivity index (χ0n) is 26.3. The quantitative estimate of drug-likeness (QED) is 0.0527. The van der Waals surface area contributed by atoms with Crippen molar-refractivity contribution in [2.45, 2.75) is 13.1 Å². The Kier molecular flexibility index (Phi) is 12.0. The van der Waals surface area contributed by atoms with Crippen LogP contribution >= 0.6 is 17.2 Å². The predicted molar refractivity (Wildman–Crippen MR) is 189 cm³/mol. The van der Waals surface area contributed by atoms with E-state index in [1.807, 2.05) is 25.2 Å². The van der Waals surface area contributed by atoms with Gasteiger partial charge in [0.2, 0.25) is 8.32 Å². The van der Waals surface area contributed by atoms with Gasteiger partial charge in [-0.1, -0.05) is 66.7 Å². The summed E-state index contributed by atoms with van der Waals surface area (Å²) < 4.78 is 37.7. The van der Waals surface area contributed by atoms with E-state index in [1.54, 1.807) is 109 Å². The molecule has 0 saturated heterocycles. The zero-order valence-corrected chi connectivity index (χ0v) is 29.1. The van der Waals surface area contributed by atoms with E-state index in [4.69, 9.17) is 26.8 Å². The zero-order chi connectivity index (χ0) is 34.6. The molecular weight excluding hydrogens is 682 g/mol. The molecule has 0 bridgehead atoms. The van der Waals surface area contributed by atoms with Gasteiger partial charge in [-0.25, -0.2) is 0 Å². The molecule has 0 spiro atoms. The molecule has 0 aliphatic carbocycles. The number of hydrogen-bond acceptors (Lipinski definition) is 10. The Hall–Kier alpha value is -5.18. The van der Waals surface area contributed by atoms with Gasteiger partial charge in [-0.3, -0.25) is 19.2 Å². The van der Waals surface area contributed by atoms with Crippen LogP contribution in [0, 0.1) is 0 Å². The van der Waals surface area contributed by atoms with Gasteiger partial charge in [-0.05, 0) is 67.7 Å². The Balaban J connectivity index is 1.49. The molecule has 13 heteroatoms. The second kappa shape index (κ2) is 16.8. The first-order chi connectivity index (χ1) is 23.8. The van der Waals surface area contributed by atoms with Crippen molar-refractivity contribution in [3.8, 4) is 28.7 Å². The molecule has 49 heavy (non-hydrogen) atoms. The maximum absolute atomic E-state index is 11.8. The average Bonchev–Trinajstić information content (AvgIpc) is 3.12. The fraction of sp³-hybridized carbons (Fsp3) is 0.0556. The maximum Gasteiger partial charge on any atom is 0.530 e. The van der Waals surface area contributed by atoms with Crippen LogP contribution in [-0.2, 0) is 4.21 Å². The van der Waals surface area contributed by atoms with Crippen LogP contribution < -0.4 is 27.8 Å². The van der Waals surface area contributed by atoms with Crippen molar-refractivity contribution in [3.05, 3.63) is 144 Å². The summed E-state index contributed by atoms with van der Waals surface area (Å²) in [6.07, 6.45) is 2.66. The van der Waals surface area contributed by atoms with Crippen molar-refractivity contribution < 1.29 is 46.0 Å². The highest BCUT2D eigenvalue weighted by atomic mass is 31.2. The van der Waals surface area contributed by atoms with E-state index in [0.29, 0.717) is 47.2 Å². The molecule has 0 atom stereocenters. The van der Waals surface area contributed by atoms with Crippen LogP contribution in [0.5, 0.6) is 28.7 Å². The van der Waals surface area contributed by atoms with Gasteiger partial charge in [0, 0.05) is 5.19 Å². The molecule has 5 aromatic carbocycles. The first-order valence-electron chi connectivity index (χ1n) is 14.8. The van der Waals surface area contributed by atoms with Crippen molar-refractivity contribution >= 4 is 55.9 Å². The van der Waals surface area contributed by atoms with Crippen molar-refractivity contribution in [1.29, 1.82) is 0 Å². The topological polar surface area (TPSA) is 124 Å². The smallest absolute Gasteiger partial charge is 0.418 e. The third kappa shape index (κ3) is 9.04. The first-order valence-corrected chi connectivity index (χ1v) is 19.9. The van der Waals surface area contributed by atoms with E-state index < -0.39 is 25.5 Å². The van der Waals surface area contributed by atoms with E-state index in [2.05, 4.69) is 0 Å². The number of carbonyl (C=O) groups excluding carboxylic acids is 4. The van der Waals surface area contributed by atoms with E-state index in [0.717, 1.165) is 0 Å². The Morgan fingerprint density at radius 2 is 0.694 bits per heavy atom. The van der Waals surface area contributed by atoms with E-state index in [1.165, 1.54) is 0 Å². The maximum atomic E-state index is 11.8. The highest BCUT2D eigenvalue weighted by molar-refractivity contribution is 7.45. The lowest BCUT2D eigenvalue weighted by Gasteiger charge is -2.29. The minimum Gasteiger partial charge on any atom is -0.418 e. The van der Waals surface area contributed by atoms with Crippen LogP contribution in [0.15, 0.2) is 121 Å². The number of carbonyl (C=O) groups is 4. The molecule has 0 fully saturated rings. The normalized spacial score (nSPS) is 11.0. The average molecular weight is 713 g/mol. The summed E-state index contributed by atoms with van der Waals surface area (Å²) in [6, 6.07) is 33.7. The van der Waals surface area contributed by atoms with Crippen LogP contribution in [-0.4, -0.2) is 33.5 Å². The molecule has 0 aromatic heterocycles. The van der Waals surface area contributed by atoms with Gasteiger partial charge in [0.15, 0.2) is 25.1 Å². The highest BCUT2D eigenvalue weighted by Crippen LogP contribution is 2.47. The summed E-state index contributed by atoms with van der Waals surface area (Å²) >= 11 is 0. The summed E-state index contributed by atoms with van der Waals surface area (Å²) in [5.41, 5.74) is 1.15. The molecule has 0 aliphatic rings. The van der Waals surface area contributed by atoms with Gasteiger partial charge >= 0.3 is 17.2 Å². The third-order valence-corrected chi connectivity index (χ3v) is 12.7. The molecule has 248 valence electrons. The standard InChI is InChI=1S/C36H30O10P2Si/c1-49(2,46-48(43-33-19-9-5-15-29(33)25-39)44-34-20-10-6-16-30(34)26-40)36-22-12-11-21-35(36)45-47(41-31-17-7-3-13-27(31)23-37)42-32-18-8-4-14-28(32)24-38/h3-26H,1-2H3. The summed E-state index contributed by atoms with van der Waals surface area (Å²) in [5.74, 6) is 1.30. The molecule has 0 unspecified atom stereocenters. The van der Waals surface area contributed by atoms with Crippen molar-refractivity contribution in [2.24, 2.45) is 0 Å². The lowest BCUT2D eigenvalue weighted by Crippen LogP contribution is -2.44. The molecule has 0 saturated carbocycles. The SMILES string of the molecule is C[Si](C)(OP(Oc1ccccc1C=O)Oc1ccccc1C=O)c1ccccc1OP(Oc1ccccc1C=O)Oc1ccccc1C=O. The molecule has 5 aromatic rings. The monoisotopic (exact) mass is 712 g/mol. The predicted octanol–water partition coefficient (Wildman–Crippen LogP) is 8.51. The van der Waals surface area contributed by atoms with Gasteiger partial charge in [-0.2, -0.15) is 0 Å². The van der Waals surface area contributed by atoms with E-state index in [-0.39, 0.29) is 34.1 Å². The second-order valence-corrected chi connectivity index (χ2v) is 16.7. The van der Waals surface area contributed by atoms with Gasteiger partial charge in [-0.15, -0.1) is 0 Å². The largest absolute Gasteiger partial charge is 0.530 e. The summed E-state index contributed by atoms with van der Waals surface area (Å²) in [5, 5.41) is 0.661. The lowest BCUT2D eigenvalue weighted by molar-refractivity contribution is 0.111. The first kappa shape index (κ1) is 35.1. The molecule has 5 rings (SSSR count). The van der Waals surface area contributed by atoms with Gasteiger partial charge in [0.25, 0.3) is 0 Å². The van der Waals surface area contributed by atoms with Crippen LogP contribution in [0.2, 0.25) is 13.1 Å². The number of hydrogen-bond donors (Lipinski definition) is 0. The van der Waals surface area contributed by atoms with Crippen LogP contribution in [0.25, 0.3) is 0 Å². The lowest BCUT2D eigenvalue weighted by atomic mass is 10.2. The molecular formula is C36H30O10P2Si. The Morgan fingerprint density at radius 1 is 0.408 bits per heavy atom. The fourth-order valence-corrected chi connectivity index (χ4v) is 9.71. The Morgan fingerprint density at radius 3 is 1.06 bits per heavy atom. The Labute approximate surface area is 286 Å². The number of rotatable bonds is 17. The minimum atomic E-state index is -3.07. The van der Waals surface area contributed by atoms with Crippen LogP contribution in [0.4, 0.5) is 0 Å². The fourth-order valence-electron chi connectivity index (χ4n) is 4.44. The van der Waals surface area contributed by atoms with Crippen molar-refractivity contribution in [3.63, 3.8) is 0 Å². The van der Waals surface area contributed by atoms with Crippen molar-refractivity contribution in [1.82, 2.24) is 0 Å². The Bertz CT molecular complexity index is 1830. The van der Waals surface area contributed by atoms with Gasteiger partial charge in [0.1, 0.15) is 28.7 Å². The number of aldehydes is 4. The van der Waals surface area contributed by atoms with Gasteiger partial charge < -0.3 is 26.8 Å². The summed E-state index contributed by atoms with van der Waals surface area (Å²) in [6.45, 7) is 3.81. The van der Waals surface area contributed by atoms with Crippen LogP contribution in [0.3, 0.4) is 0 Å². The molecule has 0 amide bonds. The summed E-state index contributed by atoms with van der Waals surface area (Å²) in [4.78, 5) is 47.2. The molecule has 10 nitrogen and oxygen atoms in total. The minimum absolute atomic E-state index is 0.227. The van der Waals surface area contributed by atoms with Crippen LogP contribution in [0.1, 0.15) is 41.4 Å². The number of benzene rings is 5. The number of para-hydroxylation sites is 5. The molecule has 0 N–H and O–H groups in total. The van der Waals surface area contributed by atoms with Gasteiger partial charge in [0.05, 0.1) is 22.3 Å². The summed E-state index contributed by atoms with van der Waals surface area (Å²) in [7, 11) is -7.61. The highest BCUT2D eigenvalue weighted by Gasteiger charge is 2.37. The molecule has 0 radical (unpaired) electrons.